The van der Waals surface area contributed by atoms with Crippen LogP contribution in [-0.2, 0) is 19.1 Å². The quantitative estimate of drug-likeness (QED) is 0.477. The number of nitrogens with one attached hydrogen (secondary N) is 2. The normalized spacial score (nSPS) is 23.6. The fourth-order valence-corrected chi connectivity index (χ4v) is 1.57. The number of methoxy groups -OCH3 is 1. The minimum absolute atomic E-state index is 0.0200. The molecule has 1 rings (SSSR count). The zero-order valence-electron chi connectivity index (χ0n) is 9.82. The predicted molar refractivity (Wildman–Crippen MR) is 58.7 cm³/mol. The second-order valence-electron chi connectivity index (χ2n) is 3.91. The summed E-state index contributed by atoms with van der Waals surface area (Å²) in [6.45, 7) is 1.48. The molecule has 1 aliphatic heterocycles. The Hall–Kier alpha value is -1.18. The van der Waals surface area contributed by atoms with Crippen LogP contribution >= 0.6 is 0 Å². The molecular weight excluding hydrogens is 228 g/mol. The average Bonchev–Trinajstić information content (AvgIpc) is 2.74. The molecular formula is C10H18N2O5. The number of aliphatic carboxylic acids is 1. The fourth-order valence-electron chi connectivity index (χ4n) is 1.57. The highest BCUT2D eigenvalue weighted by Gasteiger charge is 2.43. The molecule has 1 heterocycles. The molecule has 0 aliphatic carbocycles. The molecule has 0 aromatic rings. The van der Waals surface area contributed by atoms with Gasteiger partial charge in [-0.25, -0.2) is 4.79 Å². The maximum atomic E-state index is 11.5. The van der Waals surface area contributed by atoms with Crippen molar-refractivity contribution >= 4 is 11.9 Å². The number of amides is 1. The van der Waals surface area contributed by atoms with E-state index in [0.29, 0.717) is 26.2 Å². The van der Waals surface area contributed by atoms with Crippen LogP contribution in [0.3, 0.4) is 0 Å². The van der Waals surface area contributed by atoms with Crippen LogP contribution in [0.1, 0.15) is 6.42 Å². The molecule has 1 atom stereocenters. The smallest absolute Gasteiger partial charge is 0.331 e. The van der Waals surface area contributed by atoms with Crippen molar-refractivity contribution in [3.63, 3.8) is 0 Å². The molecule has 7 heteroatoms. The molecule has 1 amide bonds. The van der Waals surface area contributed by atoms with Gasteiger partial charge in [0.1, 0.15) is 0 Å². The van der Waals surface area contributed by atoms with E-state index >= 15 is 0 Å². The standard InChI is InChI=1S/C10H18N2O5/c1-16-5-3-11-6-8(13)12-10(9(14)15)2-4-17-7-10/h11H,2-7H2,1H3,(H,12,13)(H,14,15). The second-order valence-corrected chi connectivity index (χ2v) is 3.91. The first-order valence-electron chi connectivity index (χ1n) is 5.42. The maximum absolute atomic E-state index is 11.5. The van der Waals surface area contributed by atoms with Crippen LogP contribution in [0.5, 0.6) is 0 Å². The van der Waals surface area contributed by atoms with Crippen LogP contribution in [0, 0.1) is 0 Å². The van der Waals surface area contributed by atoms with Gasteiger partial charge in [0.15, 0.2) is 5.54 Å². The van der Waals surface area contributed by atoms with Crippen molar-refractivity contribution in [2.24, 2.45) is 0 Å². The van der Waals surface area contributed by atoms with Crippen LogP contribution in [0.4, 0.5) is 0 Å². The summed E-state index contributed by atoms with van der Waals surface area (Å²) in [5.74, 6) is -1.41. The Balaban J connectivity index is 2.35. The van der Waals surface area contributed by atoms with Crippen molar-refractivity contribution in [2.75, 3.05) is 40.0 Å². The molecule has 1 aliphatic rings. The number of carboxylic acid groups (broad SMARTS) is 1. The van der Waals surface area contributed by atoms with Crippen molar-refractivity contribution in [1.82, 2.24) is 10.6 Å². The summed E-state index contributed by atoms with van der Waals surface area (Å²) >= 11 is 0. The molecule has 0 saturated carbocycles. The van der Waals surface area contributed by atoms with Crippen LogP contribution in [0.25, 0.3) is 0 Å². The lowest BCUT2D eigenvalue weighted by Crippen LogP contribution is -2.56. The zero-order chi connectivity index (χ0) is 12.7. The first-order chi connectivity index (χ1) is 8.10. The molecule has 98 valence electrons. The van der Waals surface area contributed by atoms with Crippen molar-refractivity contribution in [1.29, 1.82) is 0 Å². The lowest BCUT2D eigenvalue weighted by molar-refractivity contribution is -0.147. The summed E-state index contributed by atoms with van der Waals surface area (Å²) < 4.78 is 9.84. The van der Waals surface area contributed by atoms with Gasteiger partial charge in [0.2, 0.25) is 5.91 Å². The summed E-state index contributed by atoms with van der Waals surface area (Å²) in [6, 6.07) is 0. The predicted octanol–water partition coefficient (Wildman–Crippen LogP) is -1.42. The lowest BCUT2D eigenvalue weighted by atomic mass is 9.99. The molecule has 3 N–H and O–H groups in total. The van der Waals surface area contributed by atoms with Crippen molar-refractivity contribution in [3.8, 4) is 0 Å². The molecule has 7 nitrogen and oxygen atoms in total. The van der Waals surface area contributed by atoms with Crippen molar-refractivity contribution in [3.05, 3.63) is 0 Å². The Morgan fingerprint density at radius 3 is 2.82 bits per heavy atom. The van der Waals surface area contributed by atoms with E-state index in [1.165, 1.54) is 0 Å². The summed E-state index contributed by atoms with van der Waals surface area (Å²) in [7, 11) is 1.57. The topological polar surface area (TPSA) is 96.9 Å². The number of hydrogen-bond donors (Lipinski definition) is 3. The fraction of sp³-hybridized carbons (Fsp3) is 0.800. The third kappa shape index (κ3) is 3.95. The second kappa shape index (κ2) is 6.53. The van der Waals surface area contributed by atoms with Gasteiger partial charge in [-0.15, -0.1) is 0 Å². The average molecular weight is 246 g/mol. The molecule has 1 unspecified atom stereocenters. The minimum atomic E-state index is -1.26. The third-order valence-electron chi connectivity index (χ3n) is 2.58. The van der Waals surface area contributed by atoms with Crippen LogP contribution in [0.15, 0.2) is 0 Å². The van der Waals surface area contributed by atoms with E-state index in [1.807, 2.05) is 0 Å². The van der Waals surface area contributed by atoms with Gasteiger partial charge < -0.3 is 25.2 Å². The van der Waals surface area contributed by atoms with Gasteiger partial charge in [-0.05, 0) is 0 Å². The van der Waals surface area contributed by atoms with E-state index in [1.54, 1.807) is 7.11 Å². The van der Waals surface area contributed by atoms with Gasteiger partial charge in [-0.3, -0.25) is 4.79 Å². The van der Waals surface area contributed by atoms with E-state index in [9.17, 15) is 9.59 Å². The Kier molecular flexibility index (Phi) is 5.33. The van der Waals surface area contributed by atoms with Gasteiger partial charge >= 0.3 is 5.97 Å². The molecule has 0 aromatic carbocycles. The Morgan fingerprint density at radius 1 is 1.53 bits per heavy atom. The number of carbonyl (C=O) groups is 2. The van der Waals surface area contributed by atoms with Gasteiger partial charge in [0.05, 0.1) is 19.8 Å². The largest absolute Gasteiger partial charge is 0.479 e. The first kappa shape index (κ1) is 13.9. The zero-order valence-corrected chi connectivity index (χ0v) is 9.82. The minimum Gasteiger partial charge on any atom is -0.479 e. The highest BCUT2D eigenvalue weighted by atomic mass is 16.5. The molecule has 0 radical (unpaired) electrons. The number of rotatable bonds is 7. The van der Waals surface area contributed by atoms with E-state index in [2.05, 4.69) is 10.6 Å². The number of hydrogen-bond acceptors (Lipinski definition) is 5. The SMILES string of the molecule is COCCNCC(=O)NC1(C(=O)O)CCOC1. The molecule has 1 fully saturated rings. The number of ether oxygens (including phenoxy) is 2. The van der Waals surface area contributed by atoms with E-state index < -0.39 is 11.5 Å². The number of carbonyl (C=O) groups excluding carboxylic acids is 1. The Bertz CT molecular complexity index is 276. The summed E-state index contributed by atoms with van der Waals surface area (Å²) in [5.41, 5.74) is -1.26. The molecule has 0 spiro atoms. The van der Waals surface area contributed by atoms with Crippen molar-refractivity contribution < 1.29 is 24.2 Å². The first-order valence-corrected chi connectivity index (χ1v) is 5.42. The third-order valence-corrected chi connectivity index (χ3v) is 2.58. The molecule has 17 heavy (non-hydrogen) atoms. The van der Waals surface area contributed by atoms with Crippen LogP contribution in [-0.4, -0.2) is 62.5 Å². The summed E-state index contributed by atoms with van der Waals surface area (Å²) in [6.07, 6.45) is 0.298. The monoisotopic (exact) mass is 246 g/mol. The number of carboxylic acids is 1. The Morgan fingerprint density at radius 2 is 2.29 bits per heavy atom. The summed E-state index contributed by atoms with van der Waals surface area (Å²) in [4.78, 5) is 22.6. The van der Waals surface area contributed by atoms with Gasteiger partial charge in [-0.1, -0.05) is 0 Å². The highest BCUT2D eigenvalue weighted by Crippen LogP contribution is 2.18. The molecule has 1 saturated heterocycles. The summed E-state index contributed by atoms with van der Waals surface area (Å²) in [5, 5.41) is 14.4. The molecule has 0 aromatic heterocycles. The van der Waals surface area contributed by atoms with Gasteiger partial charge in [0.25, 0.3) is 0 Å². The molecule has 0 bridgehead atoms. The van der Waals surface area contributed by atoms with Gasteiger partial charge in [0, 0.05) is 26.7 Å². The van der Waals surface area contributed by atoms with E-state index in [-0.39, 0.29) is 19.1 Å². The van der Waals surface area contributed by atoms with Crippen molar-refractivity contribution in [2.45, 2.75) is 12.0 Å². The lowest BCUT2D eigenvalue weighted by Gasteiger charge is -2.23. The maximum Gasteiger partial charge on any atom is 0.331 e. The van der Waals surface area contributed by atoms with Gasteiger partial charge in [-0.2, -0.15) is 0 Å². The highest BCUT2D eigenvalue weighted by molar-refractivity contribution is 5.88. The van der Waals surface area contributed by atoms with E-state index in [0.717, 1.165) is 0 Å². The van der Waals surface area contributed by atoms with Crippen LogP contribution in [0.2, 0.25) is 0 Å². The Labute approximate surface area is 99.5 Å². The van der Waals surface area contributed by atoms with Crippen LogP contribution < -0.4 is 10.6 Å². The van der Waals surface area contributed by atoms with E-state index in [4.69, 9.17) is 14.6 Å².